The van der Waals surface area contributed by atoms with E-state index in [1.54, 1.807) is 30.3 Å². The van der Waals surface area contributed by atoms with Crippen molar-refractivity contribution in [2.24, 2.45) is 7.05 Å². The first-order valence-electron chi connectivity index (χ1n) is 9.30. The van der Waals surface area contributed by atoms with E-state index in [-0.39, 0.29) is 29.3 Å². The Balaban J connectivity index is 1.75. The number of hydrogen-bond donors (Lipinski definition) is 1. The monoisotopic (exact) mass is 393 g/mol. The Hall–Kier alpha value is -3.55. The molecule has 1 amide bonds. The van der Waals surface area contributed by atoms with Crippen molar-refractivity contribution in [3.8, 4) is 11.1 Å². The smallest absolute Gasteiger partial charge is 0.255 e. The molecular formula is C21H20FN5O2. The fourth-order valence-corrected chi connectivity index (χ4v) is 3.72. The number of nitrogens with zero attached hydrogens (tertiary/aromatic N) is 4. The van der Waals surface area contributed by atoms with E-state index in [0.717, 1.165) is 6.42 Å². The maximum atomic E-state index is 13.8. The van der Waals surface area contributed by atoms with Gasteiger partial charge in [-0.25, -0.2) is 14.4 Å². The Kier molecular flexibility index (Phi) is 4.84. The van der Waals surface area contributed by atoms with E-state index in [1.807, 2.05) is 0 Å². The maximum Gasteiger partial charge on any atom is 0.255 e. The second-order valence-electron chi connectivity index (χ2n) is 7.06. The number of aryl methyl sites for hydroxylation is 1. The molecule has 1 atom stereocenters. The highest BCUT2D eigenvalue weighted by molar-refractivity contribution is 5.94. The van der Waals surface area contributed by atoms with Gasteiger partial charge in [0.2, 0.25) is 11.5 Å². The normalized spacial score (nSPS) is 16.2. The Morgan fingerprint density at radius 1 is 1.28 bits per heavy atom. The zero-order valence-corrected chi connectivity index (χ0v) is 15.9. The molecule has 0 radical (unpaired) electrons. The van der Waals surface area contributed by atoms with Crippen molar-refractivity contribution in [3.05, 3.63) is 76.2 Å². The van der Waals surface area contributed by atoms with Gasteiger partial charge in [0.25, 0.3) is 5.91 Å². The van der Waals surface area contributed by atoms with Crippen LogP contribution < -0.4 is 11.3 Å². The number of hydrogen-bond acceptors (Lipinski definition) is 5. The summed E-state index contributed by atoms with van der Waals surface area (Å²) in [5, 5.41) is 0. The van der Waals surface area contributed by atoms with E-state index in [9.17, 15) is 14.0 Å². The number of amides is 1. The Morgan fingerprint density at radius 3 is 2.86 bits per heavy atom. The van der Waals surface area contributed by atoms with Gasteiger partial charge in [-0.15, -0.1) is 0 Å². The Morgan fingerprint density at radius 2 is 2.10 bits per heavy atom. The number of nitrogens with two attached hydrogens (primary N) is 1. The van der Waals surface area contributed by atoms with E-state index >= 15 is 0 Å². The number of halogens is 1. The van der Waals surface area contributed by atoms with E-state index in [2.05, 4.69) is 9.97 Å². The lowest BCUT2D eigenvalue weighted by molar-refractivity contribution is 0.0732. The summed E-state index contributed by atoms with van der Waals surface area (Å²) >= 11 is 0. The minimum atomic E-state index is -0.366. The summed E-state index contributed by atoms with van der Waals surface area (Å²) in [6.45, 7) is 0.554. The van der Waals surface area contributed by atoms with Gasteiger partial charge >= 0.3 is 0 Å². The second kappa shape index (κ2) is 7.46. The van der Waals surface area contributed by atoms with Gasteiger partial charge in [0.05, 0.1) is 17.3 Å². The molecule has 1 saturated heterocycles. The molecule has 2 aromatic heterocycles. The lowest BCUT2D eigenvalue weighted by Crippen LogP contribution is -2.32. The van der Waals surface area contributed by atoms with Crippen LogP contribution in [0.2, 0.25) is 0 Å². The zero-order valence-electron chi connectivity index (χ0n) is 15.9. The minimum absolute atomic E-state index is 0.0987. The van der Waals surface area contributed by atoms with Gasteiger partial charge in [-0.3, -0.25) is 9.59 Å². The van der Waals surface area contributed by atoms with Crippen LogP contribution in [0.4, 0.5) is 10.3 Å². The van der Waals surface area contributed by atoms with Crippen LogP contribution in [0.1, 0.15) is 34.9 Å². The number of benzene rings is 1. The van der Waals surface area contributed by atoms with Gasteiger partial charge in [-0.1, -0.05) is 12.1 Å². The first-order chi connectivity index (χ1) is 13.9. The quantitative estimate of drug-likeness (QED) is 0.738. The molecule has 4 rings (SSSR count). The van der Waals surface area contributed by atoms with E-state index < -0.39 is 0 Å². The molecule has 0 aliphatic carbocycles. The van der Waals surface area contributed by atoms with Crippen LogP contribution in [-0.2, 0) is 7.05 Å². The molecular weight excluding hydrogens is 373 g/mol. The molecule has 148 valence electrons. The lowest BCUT2D eigenvalue weighted by atomic mass is 9.99. The fourth-order valence-electron chi connectivity index (χ4n) is 3.72. The van der Waals surface area contributed by atoms with Crippen molar-refractivity contribution in [3.63, 3.8) is 0 Å². The van der Waals surface area contributed by atoms with Gasteiger partial charge in [0, 0.05) is 37.6 Å². The summed E-state index contributed by atoms with van der Waals surface area (Å²) in [7, 11) is 1.60. The SMILES string of the molecule is Cn1cc(C(=O)N2CCC[C@H]2c2nc(N)ncc2-c2cccc(F)c2)ccc1=O. The summed E-state index contributed by atoms with van der Waals surface area (Å²) < 4.78 is 15.2. The molecule has 1 aromatic carbocycles. The van der Waals surface area contributed by atoms with E-state index in [4.69, 9.17) is 5.73 Å². The van der Waals surface area contributed by atoms with Crippen molar-refractivity contribution in [2.75, 3.05) is 12.3 Å². The van der Waals surface area contributed by atoms with Crippen LogP contribution in [0.25, 0.3) is 11.1 Å². The largest absolute Gasteiger partial charge is 0.368 e. The topological polar surface area (TPSA) is 94.1 Å². The van der Waals surface area contributed by atoms with Crippen molar-refractivity contribution >= 4 is 11.9 Å². The third kappa shape index (κ3) is 3.61. The number of likely N-dealkylation sites (tertiary alicyclic amines) is 1. The maximum absolute atomic E-state index is 13.8. The van der Waals surface area contributed by atoms with Crippen LogP contribution in [0, 0.1) is 5.82 Å². The number of pyridine rings is 1. The van der Waals surface area contributed by atoms with Crippen LogP contribution in [0.5, 0.6) is 0 Å². The van der Waals surface area contributed by atoms with Gasteiger partial charge < -0.3 is 15.2 Å². The molecule has 7 nitrogen and oxygen atoms in total. The van der Waals surface area contributed by atoms with Crippen LogP contribution in [0.15, 0.2) is 53.6 Å². The molecule has 1 fully saturated rings. The molecule has 1 aliphatic heterocycles. The number of aromatic nitrogens is 3. The van der Waals surface area contributed by atoms with Crippen LogP contribution in [-0.4, -0.2) is 31.9 Å². The summed E-state index contributed by atoms with van der Waals surface area (Å²) in [5.41, 5.74) is 7.94. The summed E-state index contributed by atoms with van der Waals surface area (Å²) in [6, 6.07) is 8.76. The zero-order chi connectivity index (χ0) is 20.5. The van der Waals surface area contributed by atoms with Gasteiger partial charge in [0.15, 0.2) is 0 Å². The summed E-state index contributed by atoms with van der Waals surface area (Å²) in [6.07, 6.45) is 4.60. The van der Waals surface area contributed by atoms with E-state index in [0.29, 0.717) is 35.3 Å². The van der Waals surface area contributed by atoms with Gasteiger partial charge in [-0.05, 0) is 36.6 Å². The lowest BCUT2D eigenvalue weighted by Gasteiger charge is -2.26. The summed E-state index contributed by atoms with van der Waals surface area (Å²) in [4.78, 5) is 35.0. The third-order valence-corrected chi connectivity index (χ3v) is 5.13. The first-order valence-corrected chi connectivity index (χ1v) is 9.30. The molecule has 0 spiro atoms. The third-order valence-electron chi connectivity index (χ3n) is 5.13. The average molecular weight is 393 g/mol. The predicted octanol–water partition coefficient (Wildman–Crippen LogP) is 2.54. The van der Waals surface area contributed by atoms with Crippen molar-refractivity contribution in [1.29, 1.82) is 0 Å². The number of nitrogen functional groups attached to an aromatic ring is 1. The molecule has 0 saturated carbocycles. The van der Waals surface area contributed by atoms with Crippen molar-refractivity contribution in [2.45, 2.75) is 18.9 Å². The second-order valence-corrected chi connectivity index (χ2v) is 7.06. The highest BCUT2D eigenvalue weighted by atomic mass is 19.1. The highest BCUT2D eigenvalue weighted by Gasteiger charge is 2.33. The number of carbonyl (C=O) groups is 1. The van der Waals surface area contributed by atoms with Gasteiger partial charge in [0.1, 0.15) is 5.82 Å². The fraction of sp³-hybridized carbons (Fsp3) is 0.238. The average Bonchev–Trinajstić information content (AvgIpc) is 3.19. The summed E-state index contributed by atoms with van der Waals surface area (Å²) in [5.74, 6) is -0.457. The predicted molar refractivity (Wildman–Crippen MR) is 107 cm³/mol. The molecule has 0 bridgehead atoms. The molecule has 2 N–H and O–H groups in total. The van der Waals surface area contributed by atoms with Crippen molar-refractivity contribution in [1.82, 2.24) is 19.4 Å². The molecule has 3 heterocycles. The Labute approximate surface area is 166 Å². The first kappa shape index (κ1) is 18.8. The molecule has 1 aliphatic rings. The van der Waals surface area contributed by atoms with Crippen molar-refractivity contribution < 1.29 is 9.18 Å². The number of carbonyl (C=O) groups excluding carboxylic acids is 1. The molecule has 8 heteroatoms. The minimum Gasteiger partial charge on any atom is -0.368 e. The Bertz CT molecular complexity index is 1140. The van der Waals surface area contributed by atoms with Crippen LogP contribution in [0.3, 0.4) is 0 Å². The molecule has 0 unspecified atom stereocenters. The number of rotatable bonds is 3. The van der Waals surface area contributed by atoms with Gasteiger partial charge in [-0.2, -0.15) is 0 Å². The van der Waals surface area contributed by atoms with Crippen LogP contribution >= 0.6 is 0 Å². The van der Waals surface area contributed by atoms with E-state index in [1.165, 1.54) is 35.0 Å². The molecule has 3 aromatic rings. The number of anilines is 1. The standard InChI is InChI=1S/C21H20FN5O2/c1-26-12-14(7-8-18(26)28)20(29)27-9-3-6-17(27)19-16(11-24-21(23)25-19)13-4-2-5-15(22)10-13/h2,4-5,7-8,10-12,17H,3,6,9H2,1H3,(H2,23,24,25)/t17-/m0/s1. The highest BCUT2D eigenvalue weighted by Crippen LogP contribution is 2.37. The molecule has 29 heavy (non-hydrogen) atoms.